The van der Waals surface area contributed by atoms with E-state index in [4.69, 9.17) is 10.5 Å². The van der Waals surface area contributed by atoms with Crippen molar-refractivity contribution in [1.29, 1.82) is 0 Å². The van der Waals surface area contributed by atoms with Crippen LogP contribution in [0.3, 0.4) is 0 Å². The Bertz CT molecular complexity index is 705. The number of amides is 1. The highest BCUT2D eigenvalue weighted by Gasteiger charge is 2.27. The number of ether oxygens (including phenoxy) is 1. The molecule has 120 valence electrons. The SMILES string of the molecule is NCC1CCN(C(=O)c2ccccc2Oc2cccc(Br)c2)C1. The first-order valence-corrected chi connectivity index (χ1v) is 8.48. The van der Waals surface area contributed by atoms with Crippen molar-refractivity contribution in [1.82, 2.24) is 4.90 Å². The van der Waals surface area contributed by atoms with Crippen molar-refractivity contribution < 1.29 is 9.53 Å². The van der Waals surface area contributed by atoms with Crippen molar-refractivity contribution in [2.24, 2.45) is 11.7 Å². The summed E-state index contributed by atoms with van der Waals surface area (Å²) >= 11 is 3.42. The van der Waals surface area contributed by atoms with Crippen LogP contribution in [0.5, 0.6) is 11.5 Å². The first kappa shape index (κ1) is 16.0. The summed E-state index contributed by atoms with van der Waals surface area (Å²) in [6.07, 6.45) is 0.969. The maximum Gasteiger partial charge on any atom is 0.257 e. The summed E-state index contributed by atoms with van der Waals surface area (Å²) in [7, 11) is 0. The molecule has 23 heavy (non-hydrogen) atoms. The van der Waals surface area contributed by atoms with Crippen LogP contribution in [-0.2, 0) is 0 Å². The van der Waals surface area contributed by atoms with Gasteiger partial charge in [-0.3, -0.25) is 4.79 Å². The number of carbonyl (C=O) groups excluding carboxylic acids is 1. The predicted octanol–water partition coefficient (Wildman–Crippen LogP) is 3.66. The molecule has 0 aromatic heterocycles. The second-order valence-electron chi connectivity index (χ2n) is 5.70. The van der Waals surface area contributed by atoms with E-state index >= 15 is 0 Å². The average molecular weight is 375 g/mol. The standard InChI is InChI=1S/C18H19BrN2O2/c19-14-4-3-5-15(10-14)23-17-7-2-1-6-16(17)18(22)21-9-8-13(11-20)12-21/h1-7,10,13H,8-9,11-12,20H2. The molecule has 0 bridgehead atoms. The fraction of sp³-hybridized carbons (Fsp3) is 0.278. The summed E-state index contributed by atoms with van der Waals surface area (Å²) in [6, 6.07) is 14.9. The molecule has 1 atom stereocenters. The minimum absolute atomic E-state index is 0.00606. The van der Waals surface area contributed by atoms with Crippen LogP contribution in [-0.4, -0.2) is 30.4 Å². The van der Waals surface area contributed by atoms with E-state index < -0.39 is 0 Å². The van der Waals surface area contributed by atoms with Crippen LogP contribution in [0.2, 0.25) is 0 Å². The summed E-state index contributed by atoms with van der Waals surface area (Å²) in [4.78, 5) is 14.6. The van der Waals surface area contributed by atoms with Gasteiger partial charge in [0, 0.05) is 17.6 Å². The van der Waals surface area contributed by atoms with Gasteiger partial charge < -0.3 is 15.4 Å². The topological polar surface area (TPSA) is 55.6 Å². The summed E-state index contributed by atoms with van der Waals surface area (Å²) in [5.74, 6) is 1.68. The molecule has 2 aromatic rings. The van der Waals surface area contributed by atoms with E-state index in [1.165, 1.54) is 0 Å². The number of halogens is 1. The van der Waals surface area contributed by atoms with E-state index in [0.717, 1.165) is 24.0 Å². The summed E-state index contributed by atoms with van der Waals surface area (Å²) < 4.78 is 6.86. The van der Waals surface area contributed by atoms with Crippen molar-refractivity contribution in [2.45, 2.75) is 6.42 Å². The molecule has 0 aliphatic carbocycles. The van der Waals surface area contributed by atoms with Crippen LogP contribution in [0.15, 0.2) is 53.0 Å². The Balaban J connectivity index is 1.82. The van der Waals surface area contributed by atoms with Gasteiger partial charge in [-0.1, -0.05) is 34.1 Å². The number of benzene rings is 2. The van der Waals surface area contributed by atoms with Crippen LogP contribution in [0, 0.1) is 5.92 Å². The number of likely N-dealkylation sites (tertiary alicyclic amines) is 1. The molecule has 0 radical (unpaired) electrons. The van der Waals surface area contributed by atoms with Crippen LogP contribution < -0.4 is 10.5 Å². The first-order valence-electron chi connectivity index (χ1n) is 7.69. The highest BCUT2D eigenvalue weighted by molar-refractivity contribution is 9.10. The maximum atomic E-state index is 12.8. The highest BCUT2D eigenvalue weighted by atomic mass is 79.9. The molecular formula is C18H19BrN2O2. The zero-order valence-electron chi connectivity index (χ0n) is 12.7. The molecule has 2 N–H and O–H groups in total. The fourth-order valence-electron chi connectivity index (χ4n) is 2.77. The molecule has 1 amide bonds. The van der Waals surface area contributed by atoms with E-state index in [1.54, 1.807) is 0 Å². The molecule has 1 fully saturated rings. The Morgan fingerprint density at radius 3 is 2.83 bits per heavy atom. The molecular weight excluding hydrogens is 356 g/mol. The van der Waals surface area contributed by atoms with E-state index in [9.17, 15) is 4.79 Å². The highest BCUT2D eigenvalue weighted by Crippen LogP contribution is 2.29. The summed E-state index contributed by atoms with van der Waals surface area (Å²) in [5.41, 5.74) is 6.30. The van der Waals surface area contributed by atoms with Gasteiger partial charge in [0.05, 0.1) is 5.56 Å². The fourth-order valence-corrected chi connectivity index (χ4v) is 3.15. The van der Waals surface area contributed by atoms with E-state index in [0.29, 0.717) is 29.5 Å². The molecule has 2 aromatic carbocycles. The summed E-state index contributed by atoms with van der Waals surface area (Å²) in [5, 5.41) is 0. The van der Waals surface area contributed by atoms with Gasteiger partial charge in [-0.15, -0.1) is 0 Å². The molecule has 1 unspecified atom stereocenters. The number of para-hydroxylation sites is 1. The van der Waals surface area contributed by atoms with Gasteiger partial charge in [0.25, 0.3) is 5.91 Å². The number of rotatable bonds is 4. The van der Waals surface area contributed by atoms with E-state index in [-0.39, 0.29) is 5.91 Å². The van der Waals surface area contributed by atoms with Crippen LogP contribution in [0.4, 0.5) is 0 Å². The molecule has 1 heterocycles. The lowest BCUT2D eigenvalue weighted by Crippen LogP contribution is -2.30. The van der Waals surface area contributed by atoms with Crippen molar-refractivity contribution in [2.75, 3.05) is 19.6 Å². The molecule has 0 saturated carbocycles. The monoisotopic (exact) mass is 374 g/mol. The predicted molar refractivity (Wildman–Crippen MR) is 93.7 cm³/mol. The first-order chi connectivity index (χ1) is 11.2. The molecule has 0 spiro atoms. The van der Waals surface area contributed by atoms with Gasteiger partial charge in [0.1, 0.15) is 11.5 Å². The third-order valence-electron chi connectivity index (χ3n) is 4.05. The second kappa shape index (κ2) is 7.15. The quantitative estimate of drug-likeness (QED) is 0.888. The summed E-state index contributed by atoms with van der Waals surface area (Å²) in [6.45, 7) is 2.10. The third-order valence-corrected chi connectivity index (χ3v) is 4.54. The van der Waals surface area contributed by atoms with E-state index in [1.807, 2.05) is 53.4 Å². The third kappa shape index (κ3) is 3.74. The maximum absolute atomic E-state index is 12.8. The molecule has 1 saturated heterocycles. The lowest BCUT2D eigenvalue weighted by molar-refractivity contribution is 0.0785. The number of carbonyl (C=O) groups is 1. The Morgan fingerprint density at radius 2 is 2.09 bits per heavy atom. The van der Waals surface area contributed by atoms with Crippen molar-refractivity contribution in [3.05, 3.63) is 58.6 Å². The lowest BCUT2D eigenvalue weighted by Gasteiger charge is -2.18. The Morgan fingerprint density at radius 1 is 1.26 bits per heavy atom. The minimum atomic E-state index is 0.00606. The van der Waals surface area contributed by atoms with Crippen LogP contribution in [0.1, 0.15) is 16.8 Å². The molecule has 1 aliphatic heterocycles. The van der Waals surface area contributed by atoms with Gasteiger partial charge in [-0.25, -0.2) is 0 Å². The van der Waals surface area contributed by atoms with Gasteiger partial charge in [-0.05, 0) is 49.2 Å². The Hall–Kier alpha value is -1.85. The van der Waals surface area contributed by atoms with Gasteiger partial charge in [-0.2, -0.15) is 0 Å². The molecule has 5 heteroatoms. The van der Waals surface area contributed by atoms with E-state index in [2.05, 4.69) is 15.9 Å². The van der Waals surface area contributed by atoms with Crippen LogP contribution in [0.25, 0.3) is 0 Å². The number of hydrogen-bond donors (Lipinski definition) is 1. The zero-order chi connectivity index (χ0) is 16.2. The minimum Gasteiger partial charge on any atom is -0.456 e. The smallest absolute Gasteiger partial charge is 0.257 e. The number of nitrogens with two attached hydrogens (primary N) is 1. The van der Waals surface area contributed by atoms with Crippen LogP contribution >= 0.6 is 15.9 Å². The normalized spacial score (nSPS) is 17.3. The zero-order valence-corrected chi connectivity index (χ0v) is 14.3. The Labute approximate surface area is 144 Å². The largest absolute Gasteiger partial charge is 0.456 e. The van der Waals surface area contributed by atoms with Crippen molar-refractivity contribution >= 4 is 21.8 Å². The van der Waals surface area contributed by atoms with Crippen molar-refractivity contribution in [3.8, 4) is 11.5 Å². The average Bonchev–Trinajstić information content (AvgIpc) is 3.04. The number of nitrogens with zero attached hydrogens (tertiary/aromatic N) is 1. The number of hydrogen-bond acceptors (Lipinski definition) is 3. The molecule has 3 rings (SSSR count). The van der Waals surface area contributed by atoms with Gasteiger partial charge >= 0.3 is 0 Å². The molecule has 4 nitrogen and oxygen atoms in total. The second-order valence-corrected chi connectivity index (χ2v) is 6.61. The van der Waals surface area contributed by atoms with Gasteiger partial charge in [0.2, 0.25) is 0 Å². The van der Waals surface area contributed by atoms with Crippen molar-refractivity contribution in [3.63, 3.8) is 0 Å². The lowest BCUT2D eigenvalue weighted by atomic mass is 10.1. The van der Waals surface area contributed by atoms with Gasteiger partial charge in [0.15, 0.2) is 0 Å². The Kier molecular flexibility index (Phi) is 4.98. The molecule has 1 aliphatic rings.